The minimum absolute atomic E-state index is 0.237. The van der Waals surface area contributed by atoms with Crippen molar-refractivity contribution in [3.63, 3.8) is 0 Å². The van der Waals surface area contributed by atoms with Crippen molar-refractivity contribution in [1.29, 1.82) is 0 Å². The van der Waals surface area contributed by atoms with Crippen LogP contribution in [0.25, 0.3) is 0 Å². The van der Waals surface area contributed by atoms with Crippen molar-refractivity contribution in [3.05, 3.63) is 59.7 Å². The summed E-state index contributed by atoms with van der Waals surface area (Å²) in [6.07, 6.45) is 2.07. The van der Waals surface area contributed by atoms with E-state index in [1.165, 1.54) is 7.11 Å². The van der Waals surface area contributed by atoms with Gasteiger partial charge in [-0.05, 0) is 30.2 Å². The molecule has 2 N–H and O–H groups in total. The number of rotatable bonds is 4. The molecule has 0 saturated carbocycles. The molecule has 2 aromatic rings. The van der Waals surface area contributed by atoms with E-state index < -0.39 is 0 Å². The van der Waals surface area contributed by atoms with Crippen LogP contribution in [-0.4, -0.2) is 12.1 Å². The first-order valence-corrected chi connectivity index (χ1v) is 5.70. The van der Waals surface area contributed by atoms with E-state index in [-0.39, 0.29) is 17.6 Å². The molecule has 0 fully saturated rings. The zero-order chi connectivity index (χ0) is 13.0. The second-order valence-corrected chi connectivity index (χ2v) is 4.00. The van der Waals surface area contributed by atoms with Crippen LogP contribution in [0, 0.1) is 5.82 Å². The van der Waals surface area contributed by atoms with E-state index in [1.807, 2.05) is 18.2 Å². The fourth-order valence-electron chi connectivity index (χ4n) is 1.81. The molecule has 18 heavy (non-hydrogen) atoms. The Hall–Kier alpha value is -1.94. The summed E-state index contributed by atoms with van der Waals surface area (Å²) in [4.78, 5) is 4.17. The van der Waals surface area contributed by atoms with Crippen molar-refractivity contribution in [2.75, 3.05) is 7.11 Å². The smallest absolute Gasteiger partial charge is 0.168 e. The summed E-state index contributed by atoms with van der Waals surface area (Å²) < 4.78 is 18.9. The standard InChI is InChI=1S/C14H15FN2O/c1-18-13-7-4-5-10(14(13)15)9-11(16)12-6-2-3-8-17-12/h2-8,11H,9,16H2,1H3. The number of ether oxygens (including phenoxy) is 1. The third-order valence-corrected chi connectivity index (χ3v) is 2.77. The number of nitrogens with zero attached hydrogens (tertiary/aromatic N) is 1. The molecule has 1 heterocycles. The van der Waals surface area contributed by atoms with Gasteiger partial charge in [-0.1, -0.05) is 18.2 Å². The number of methoxy groups -OCH3 is 1. The van der Waals surface area contributed by atoms with Gasteiger partial charge in [0.25, 0.3) is 0 Å². The fourth-order valence-corrected chi connectivity index (χ4v) is 1.81. The van der Waals surface area contributed by atoms with Crippen molar-refractivity contribution >= 4 is 0 Å². The molecule has 0 radical (unpaired) electrons. The molecule has 0 aliphatic carbocycles. The van der Waals surface area contributed by atoms with Gasteiger partial charge >= 0.3 is 0 Å². The van der Waals surface area contributed by atoms with Gasteiger partial charge in [-0.3, -0.25) is 4.98 Å². The van der Waals surface area contributed by atoms with E-state index in [0.717, 1.165) is 5.69 Å². The van der Waals surface area contributed by atoms with Crippen LogP contribution in [0.15, 0.2) is 42.6 Å². The van der Waals surface area contributed by atoms with E-state index in [9.17, 15) is 4.39 Å². The highest BCUT2D eigenvalue weighted by Crippen LogP contribution is 2.23. The van der Waals surface area contributed by atoms with Crippen molar-refractivity contribution in [3.8, 4) is 5.75 Å². The minimum atomic E-state index is -0.355. The Morgan fingerprint density at radius 2 is 2.11 bits per heavy atom. The number of aromatic nitrogens is 1. The molecule has 3 nitrogen and oxygen atoms in total. The molecule has 1 atom stereocenters. The molecule has 0 bridgehead atoms. The molecule has 2 rings (SSSR count). The van der Waals surface area contributed by atoms with E-state index >= 15 is 0 Å². The van der Waals surface area contributed by atoms with Crippen LogP contribution in [-0.2, 0) is 6.42 Å². The number of hydrogen-bond donors (Lipinski definition) is 1. The summed E-state index contributed by atoms with van der Waals surface area (Å²) in [5.41, 5.74) is 7.30. The van der Waals surface area contributed by atoms with Crippen LogP contribution in [0.5, 0.6) is 5.75 Å². The molecule has 1 unspecified atom stereocenters. The van der Waals surface area contributed by atoms with Crippen LogP contribution in [0.1, 0.15) is 17.3 Å². The van der Waals surface area contributed by atoms with Gasteiger partial charge in [0.1, 0.15) is 0 Å². The second kappa shape index (κ2) is 5.60. The number of pyridine rings is 1. The van der Waals surface area contributed by atoms with E-state index in [0.29, 0.717) is 12.0 Å². The highest BCUT2D eigenvalue weighted by molar-refractivity contribution is 5.32. The summed E-state index contributed by atoms with van der Waals surface area (Å²) in [6, 6.07) is 10.2. The Morgan fingerprint density at radius 3 is 2.78 bits per heavy atom. The van der Waals surface area contributed by atoms with Gasteiger partial charge in [-0.15, -0.1) is 0 Å². The molecule has 4 heteroatoms. The SMILES string of the molecule is COc1cccc(CC(N)c2ccccn2)c1F. The summed E-state index contributed by atoms with van der Waals surface area (Å²) >= 11 is 0. The zero-order valence-electron chi connectivity index (χ0n) is 10.1. The first-order valence-electron chi connectivity index (χ1n) is 5.70. The van der Waals surface area contributed by atoms with Crippen LogP contribution in [0.3, 0.4) is 0 Å². The molecular formula is C14H15FN2O. The first kappa shape index (κ1) is 12.5. The van der Waals surface area contributed by atoms with Crippen LogP contribution in [0.2, 0.25) is 0 Å². The Bertz CT molecular complexity index is 516. The minimum Gasteiger partial charge on any atom is -0.494 e. The van der Waals surface area contributed by atoms with E-state index in [2.05, 4.69) is 4.98 Å². The quantitative estimate of drug-likeness (QED) is 0.901. The topological polar surface area (TPSA) is 48.1 Å². The van der Waals surface area contributed by atoms with Gasteiger partial charge in [-0.25, -0.2) is 4.39 Å². The van der Waals surface area contributed by atoms with Crippen molar-refractivity contribution in [2.24, 2.45) is 5.73 Å². The Morgan fingerprint density at radius 1 is 1.28 bits per heavy atom. The lowest BCUT2D eigenvalue weighted by Gasteiger charge is -2.12. The normalized spacial score (nSPS) is 12.2. The summed E-state index contributed by atoms with van der Waals surface area (Å²) in [7, 11) is 1.45. The average molecular weight is 246 g/mol. The lowest BCUT2D eigenvalue weighted by atomic mass is 10.0. The van der Waals surface area contributed by atoms with Crippen molar-refractivity contribution in [1.82, 2.24) is 4.98 Å². The first-order chi connectivity index (χ1) is 8.72. The Kier molecular flexibility index (Phi) is 3.89. The molecular weight excluding hydrogens is 231 g/mol. The fraction of sp³-hybridized carbons (Fsp3) is 0.214. The van der Waals surface area contributed by atoms with Gasteiger partial charge < -0.3 is 10.5 Å². The van der Waals surface area contributed by atoms with E-state index in [4.69, 9.17) is 10.5 Å². The van der Waals surface area contributed by atoms with Crippen molar-refractivity contribution in [2.45, 2.75) is 12.5 Å². The molecule has 1 aromatic carbocycles. The number of nitrogens with two attached hydrogens (primary N) is 1. The van der Waals surface area contributed by atoms with Gasteiger partial charge in [0, 0.05) is 6.20 Å². The van der Waals surface area contributed by atoms with Gasteiger partial charge in [-0.2, -0.15) is 0 Å². The van der Waals surface area contributed by atoms with Crippen LogP contribution < -0.4 is 10.5 Å². The maximum Gasteiger partial charge on any atom is 0.168 e. The van der Waals surface area contributed by atoms with Gasteiger partial charge in [0.2, 0.25) is 0 Å². The molecule has 0 aliphatic rings. The van der Waals surface area contributed by atoms with Crippen LogP contribution >= 0.6 is 0 Å². The number of hydrogen-bond acceptors (Lipinski definition) is 3. The predicted octanol–water partition coefficient (Wildman–Crippen LogP) is 2.47. The summed E-state index contributed by atoms with van der Waals surface area (Å²) in [5.74, 6) is -0.118. The maximum atomic E-state index is 13.9. The van der Waals surface area contributed by atoms with Crippen LogP contribution in [0.4, 0.5) is 4.39 Å². The van der Waals surface area contributed by atoms with Gasteiger partial charge in [0.05, 0.1) is 18.8 Å². The number of halogens is 1. The zero-order valence-corrected chi connectivity index (χ0v) is 10.1. The summed E-state index contributed by atoms with van der Waals surface area (Å²) in [6.45, 7) is 0. The Balaban J connectivity index is 2.19. The highest BCUT2D eigenvalue weighted by atomic mass is 19.1. The second-order valence-electron chi connectivity index (χ2n) is 4.00. The lowest BCUT2D eigenvalue weighted by molar-refractivity contribution is 0.383. The monoisotopic (exact) mass is 246 g/mol. The van der Waals surface area contributed by atoms with Gasteiger partial charge in [0.15, 0.2) is 11.6 Å². The third-order valence-electron chi connectivity index (χ3n) is 2.77. The molecule has 0 aliphatic heterocycles. The number of benzene rings is 1. The van der Waals surface area contributed by atoms with Crippen molar-refractivity contribution < 1.29 is 9.13 Å². The third kappa shape index (κ3) is 2.65. The largest absolute Gasteiger partial charge is 0.494 e. The molecule has 94 valence electrons. The average Bonchev–Trinajstić information content (AvgIpc) is 2.42. The summed E-state index contributed by atoms with van der Waals surface area (Å²) in [5, 5.41) is 0. The molecule has 0 spiro atoms. The Labute approximate surface area is 105 Å². The lowest BCUT2D eigenvalue weighted by Crippen LogP contribution is -2.15. The molecule has 1 aromatic heterocycles. The molecule has 0 amide bonds. The molecule has 0 saturated heterocycles. The highest BCUT2D eigenvalue weighted by Gasteiger charge is 2.13. The predicted molar refractivity (Wildman–Crippen MR) is 67.8 cm³/mol. The van der Waals surface area contributed by atoms with E-state index in [1.54, 1.807) is 24.4 Å². The maximum absolute atomic E-state index is 13.9.